The lowest BCUT2D eigenvalue weighted by molar-refractivity contribution is -0.144. The number of hydrogen-bond acceptors (Lipinski definition) is 4. The maximum absolute atomic E-state index is 11.7. The minimum Gasteiger partial charge on any atom is -0.466 e. The second kappa shape index (κ2) is 16.4. The Morgan fingerprint density at radius 2 is 1.32 bits per heavy atom. The van der Waals surface area contributed by atoms with Gasteiger partial charge in [0.1, 0.15) is 0 Å². The SMILES string of the molecule is CCCCOC(=O)CCCCCC(=O)OCCC(C)CCCC(C)C. The van der Waals surface area contributed by atoms with Crippen molar-refractivity contribution in [2.24, 2.45) is 11.8 Å². The van der Waals surface area contributed by atoms with E-state index in [9.17, 15) is 9.59 Å². The molecule has 0 saturated carbocycles. The standard InChI is InChI=1S/C21H40O4/c1-5-6-16-24-20(22)13-8-7-9-14-21(23)25-17-15-19(4)12-10-11-18(2)3/h18-19H,5-17H2,1-4H3. The molecule has 0 fully saturated rings. The normalized spacial score (nSPS) is 12.2. The third-order valence-electron chi connectivity index (χ3n) is 4.37. The van der Waals surface area contributed by atoms with Crippen LogP contribution >= 0.6 is 0 Å². The number of ether oxygens (including phenoxy) is 2. The van der Waals surface area contributed by atoms with Crippen molar-refractivity contribution in [1.29, 1.82) is 0 Å². The summed E-state index contributed by atoms with van der Waals surface area (Å²) >= 11 is 0. The van der Waals surface area contributed by atoms with E-state index in [0.29, 0.717) is 32.0 Å². The minimum atomic E-state index is -0.123. The Balaban J connectivity index is 3.45. The molecule has 0 aliphatic heterocycles. The summed E-state index contributed by atoms with van der Waals surface area (Å²) < 4.78 is 10.4. The highest BCUT2D eigenvalue weighted by molar-refractivity contribution is 5.69. The third-order valence-corrected chi connectivity index (χ3v) is 4.37. The van der Waals surface area contributed by atoms with Crippen molar-refractivity contribution >= 4 is 11.9 Å². The Kier molecular flexibility index (Phi) is 15.7. The fraction of sp³-hybridized carbons (Fsp3) is 0.905. The molecule has 0 aromatic carbocycles. The molecule has 0 aliphatic carbocycles. The van der Waals surface area contributed by atoms with Crippen LogP contribution in [0.25, 0.3) is 0 Å². The smallest absolute Gasteiger partial charge is 0.305 e. The van der Waals surface area contributed by atoms with Gasteiger partial charge in [0.05, 0.1) is 13.2 Å². The molecule has 0 saturated heterocycles. The van der Waals surface area contributed by atoms with E-state index in [2.05, 4.69) is 27.7 Å². The molecule has 0 rings (SSSR count). The van der Waals surface area contributed by atoms with Crippen molar-refractivity contribution < 1.29 is 19.1 Å². The highest BCUT2D eigenvalue weighted by atomic mass is 16.5. The third kappa shape index (κ3) is 17.6. The van der Waals surface area contributed by atoms with Crippen LogP contribution in [0, 0.1) is 11.8 Å². The summed E-state index contributed by atoms with van der Waals surface area (Å²) in [5.41, 5.74) is 0. The molecule has 1 atom stereocenters. The lowest BCUT2D eigenvalue weighted by Crippen LogP contribution is -2.09. The molecule has 0 heterocycles. The summed E-state index contributed by atoms with van der Waals surface area (Å²) in [6.07, 6.45) is 9.99. The second-order valence-corrected chi connectivity index (χ2v) is 7.57. The first-order valence-electron chi connectivity index (χ1n) is 10.3. The second-order valence-electron chi connectivity index (χ2n) is 7.57. The van der Waals surface area contributed by atoms with Gasteiger partial charge in [-0.25, -0.2) is 0 Å². The molecule has 0 aliphatic rings. The van der Waals surface area contributed by atoms with Gasteiger partial charge in [-0.05, 0) is 37.5 Å². The first-order chi connectivity index (χ1) is 12.0. The van der Waals surface area contributed by atoms with E-state index >= 15 is 0 Å². The van der Waals surface area contributed by atoms with E-state index in [4.69, 9.17) is 9.47 Å². The van der Waals surface area contributed by atoms with Gasteiger partial charge in [0.2, 0.25) is 0 Å². The van der Waals surface area contributed by atoms with Crippen LogP contribution in [0.5, 0.6) is 0 Å². The molecule has 0 N–H and O–H groups in total. The van der Waals surface area contributed by atoms with Crippen molar-refractivity contribution in [1.82, 2.24) is 0 Å². The van der Waals surface area contributed by atoms with Crippen molar-refractivity contribution in [3.63, 3.8) is 0 Å². The maximum Gasteiger partial charge on any atom is 0.305 e. The molecule has 0 radical (unpaired) electrons. The van der Waals surface area contributed by atoms with Crippen LogP contribution in [-0.4, -0.2) is 25.2 Å². The summed E-state index contributed by atoms with van der Waals surface area (Å²) in [5.74, 6) is 1.15. The summed E-state index contributed by atoms with van der Waals surface area (Å²) in [5, 5.41) is 0. The van der Waals surface area contributed by atoms with Gasteiger partial charge in [0.15, 0.2) is 0 Å². The Hall–Kier alpha value is -1.06. The predicted molar refractivity (Wildman–Crippen MR) is 102 cm³/mol. The van der Waals surface area contributed by atoms with Gasteiger partial charge < -0.3 is 9.47 Å². The van der Waals surface area contributed by atoms with E-state index < -0.39 is 0 Å². The molecule has 0 aromatic rings. The van der Waals surface area contributed by atoms with Crippen molar-refractivity contribution in [3.8, 4) is 0 Å². The summed E-state index contributed by atoms with van der Waals surface area (Å²) in [7, 11) is 0. The summed E-state index contributed by atoms with van der Waals surface area (Å²) in [4.78, 5) is 23.1. The highest BCUT2D eigenvalue weighted by Gasteiger charge is 2.07. The lowest BCUT2D eigenvalue weighted by atomic mass is 9.98. The van der Waals surface area contributed by atoms with Crippen LogP contribution in [0.15, 0.2) is 0 Å². The van der Waals surface area contributed by atoms with Gasteiger partial charge >= 0.3 is 11.9 Å². The first kappa shape index (κ1) is 23.9. The highest BCUT2D eigenvalue weighted by Crippen LogP contribution is 2.15. The predicted octanol–water partition coefficient (Wildman–Crippen LogP) is 5.68. The van der Waals surface area contributed by atoms with Crippen LogP contribution in [-0.2, 0) is 19.1 Å². The quantitative estimate of drug-likeness (QED) is 0.264. The van der Waals surface area contributed by atoms with Gasteiger partial charge in [-0.3, -0.25) is 9.59 Å². The Morgan fingerprint density at radius 3 is 1.88 bits per heavy atom. The average molecular weight is 357 g/mol. The van der Waals surface area contributed by atoms with Gasteiger partial charge in [-0.15, -0.1) is 0 Å². The molecule has 148 valence electrons. The number of carbonyl (C=O) groups excluding carboxylic acids is 2. The maximum atomic E-state index is 11.7. The van der Waals surface area contributed by atoms with Crippen LogP contribution < -0.4 is 0 Å². The monoisotopic (exact) mass is 356 g/mol. The minimum absolute atomic E-state index is 0.111. The zero-order valence-corrected chi connectivity index (χ0v) is 17.0. The molecule has 0 bridgehead atoms. The van der Waals surface area contributed by atoms with Crippen LogP contribution in [0.2, 0.25) is 0 Å². The van der Waals surface area contributed by atoms with Crippen molar-refractivity contribution in [3.05, 3.63) is 0 Å². The van der Waals surface area contributed by atoms with Crippen molar-refractivity contribution in [2.75, 3.05) is 13.2 Å². The van der Waals surface area contributed by atoms with E-state index in [0.717, 1.165) is 44.4 Å². The van der Waals surface area contributed by atoms with Gasteiger partial charge in [0, 0.05) is 12.8 Å². The van der Waals surface area contributed by atoms with Crippen LogP contribution in [0.1, 0.15) is 98.3 Å². The molecular formula is C21H40O4. The number of hydrogen-bond donors (Lipinski definition) is 0. The first-order valence-corrected chi connectivity index (χ1v) is 10.3. The zero-order chi connectivity index (χ0) is 18.9. The van der Waals surface area contributed by atoms with Gasteiger partial charge in [-0.2, -0.15) is 0 Å². The molecule has 1 unspecified atom stereocenters. The van der Waals surface area contributed by atoms with Crippen molar-refractivity contribution in [2.45, 2.75) is 98.3 Å². The topological polar surface area (TPSA) is 52.6 Å². The zero-order valence-electron chi connectivity index (χ0n) is 17.0. The number of rotatable bonds is 16. The molecule has 0 amide bonds. The fourth-order valence-corrected chi connectivity index (χ4v) is 2.58. The van der Waals surface area contributed by atoms with E-state index in [1.807, 2.05) is 0 Å². The fourth-order valence-electron chi connectivity index (χ4n) is 2.58. The molecule has 25 heavy (non-hydrogen) atoms. The number of unbranched alkanes of at least 4 members (excludes halogenated alkanes) is 3. The van der Waals surface area contributed by atoms with Crippen LogP contribution in [0.3, 0.4) is 0 Å². The Bertz CT molecular complexity index is 339. The molecule has 0 aromatic heterocycles. The van der Waals surface area contributed by atoms with E-state index in [1.54, 1.807) is 0 Å². The van der Waals surface area contributed by atoms with E-state index in [1.165, 1.54) is 19.3 Å². The molecule has 4 nitrogen and oxygen atoms in total. The van der Waals surface area contributed by atoms with Gasteiger partial charge in [0.25, 0.3) is 0 Å². The number of carbonyl (C=O) groups is 2. The van der Waals surface area contributed by atoms with Crippen LogP contribution in [0.4, 0.5) is 0 Å². The molecular weight excluding hydrogens is 316 g/mol. The Labute approximate surface area is 155 Å². The van der Waals surface area contributed by atoms with E-state index in [-0.39, 0.29) is 11.9 Å². The lowest BCUT2D eigenvalue weighted by Gasteiger charge is -2.12. The van der Waals surface area contributed by atoms with Gasteiger partial charge in [-0.1, -0.05) is 59.8 Å². The Morgan fingerprint density at radius 1 is 0.720 bits per heavy atom. The number of esters is 2. The molecule has 0 spiro atoms. The molecule has 4 heteroatoms. The summed E-state index contributed by atoms with van der Waals surface area (Å²) in [6, 6.07) is 0. The largest absolute Gasteiger partial charge is 0.466 e. The summed E-state index contributed by atoms with van der Waals surface area (Å²) in [6.45, 7) is 9.86. The average Bonchev–Trinajstić information content (AvgIpc) is 2.54.